The first-order chi connectivity index (χ1) is 22.5. The summed E-state index contributed by atoms with van der Waals surface area (Å²) in [6.07, 6.45) is 43.3. The second kappa shape index (κ2) is 36.7. The van der Waals surface area contributed by atoms with Crippen LogP contribution in [0.3, 0.4) is 0 Å². The molecule has 0 aromatic rings. The highest BCUT2D eigenvalue weighted by Gasteiger charge is 2.20. The molecule has 0 aliphatic heterocycles. The largest absolute Gasteiger partial charge is 0.394 e. The number of carbonyl (C=O) groups excluding carboxylic acids is 1. The van der Waals surface area contributed by atoms with Crippen LogP contribution in [0.2, 0.25) is 0 Å². The molecule has 0 heterocycles. The van der Waals surface area contributed by atoms with Gasteiger partial charge in [0, 0.05) is 0 Å². The maximum absolute atomic E-state index is 12.3. The summed E-state index contributed by atoms with van der Waals surface area (Å²) in [5.74, 6) is -0.326. The normalized spacial score (nSPS) is 13.9. The van der Waals surface area contributed by atoms with E-state index in [-0.39, 0.29) is 18.9 Å². The van der Waals surface area contributed by atoms with Crippen LogP contribution in [0.15, 0.2) is 24.3 Å². The predicted molar refractivity (Wildman–Crippen MR) is 199 cm³/mol. The molecule has 0 saturated carbocycles. The van der Waals surface area contributed by atoms with Gasteiger partial charge in [-0.1, -0.05) is 192 Å². The Bertz CT molecular complexity index is 679. The Morgan fingerprint density at radius 1 is 0.543 bits per heavy atom. The second-order valence-corrected chi connectivity index (χ2v) is 13.9. The zero-order valence-corrected chi connectivity index (χ0v) is 30.7. The molecule has 3 unspecified atom stereocenters. The number of rotatable bonds is 36. The molecule has 0 radical (unpaired) electrons. The molecule has 0 aromatic carbocycles. The zero-order chi connectivity index (χ0) is 33.8. The van der Waals surface area contributed by atoms with Gasteiger partial charge < -0.3 is 20.6 Å². The van der Waals surface area contributed by atoms with E-state index in [1.807, 2.05) is 6.08 Å². The fourth-order valence-corrected chi connectivity index (χ4v) is 6.12. The molecule has 4 N–H and O–H groups in total. The highest BCUT2D eigenvalue weighted by atomic mass is 16.3. The van der Waals surface area contributed by atoms with Crippen LogP contribution in [0.25, 0.3) is 0 Å². The van der Waals surface area contributed by atoms with Crippen LogP contribution >= 0.6 is 0 Å². The van der Waals surface area contributed by atoms with E-state index in [9.17, 15) is 20.1 Å². The molecule has 5 heteroatoms. The molecule has 0 saturated heterocycles. The third-order valence-electron chi connectivity index (χ3n) is 9.24. The maximum atomic E-state index is 12.3. The van der Waals surface area contributed by atoms with Crippen molar-refractivity contribution in [2.45, 2.75) is 225 Å². The summed E-state index contributed by atoms with van der Waals surface area (Å²) in [6.45, 7) is 4.15. The minimum Gasteiger partial charge on any atom is -0.394 e. The van der Waals surface area contributed by atoms with E-state index >= 15 is 0 Å². The monoisotopic (exact) mass is 650 g/mol. The Labute approximate surface area is 286 Å². The zero-order valence-electron chi connectivity index (χ0n) is 30.7. The molecule has 0 bridgehead atoms. The fraction of sp³-hybridized carbons (Fsp3) is 0.878. The number of hydrogen-bond acceptors (Lipinski definition) is 4. The van der Waals surface area contributed by atoms with Gasteiger partial charge >= 0.3 is 0 Å². The van der Waals surface area contributed by atoms with Gasteiger partial charge in [-0.05, 0) is 32.1 Å². The van der Waals surface area contributed by atoms with Crippen molar-refractivity contribution in [2.24, 2.45) is 0 Å². The van der Waals surface area contributed by atoms with Crippen LogP contribution < -0.4 is 5.32 Å². The van der Waals surface area contributed by atoms with Crippen molar-refractivity contribution in [3.8, 4) is 0 Å². The van der Waals surface area contributed by atoms with Crippen LogP contribution in [-0.2, 0) is 4.79 Å². The summed E-state index contributed by atoms with van der Waals surface area (Å²) in [5.41, 5.74) is 0. The molecule has 0 aromatic heterocycles. The van der Waals surface area contributed by atoms with Crippen molar-refractivity contribution in [2.75, 3.05) is 6.61 Å². The third-order valence-corrected chi connectivity index (χ3v) is 9.24. The predicted octanol–water partition coefficient (Wildman–Crippen LogP) is 11.0. The topological polar surface area (TPSA) is 89.8 Å². The van der Waals surface area contributed by atoms with E-state index in [2.05, 4.69) is 31.3 Å². The number of nitrogens with one attached hydrogen (secondary N) is 1. The minimum atomic E-state index is -0.946. The smallest absolute Gasteiger partial charge is 0.222 e. The first-order valence-corrected chi connectivity index (χ1v) is 20.1. The molecule has 46 heavy (non-hydrogen) atoms. The number of aliphatic hydroxyl groups excluding tert-OH is 3. The summed E-state index contributed by atoms with van der Waals surface area (Å²) in [7, 11) is 0. The lowest BCUT2D eigenvalue weighted by atomic mass is 10.0. The maximum Gasteiger partial charge on any atom is 0.222 e. The van der Waals surface area contributed by atoms with Crippen molar-refractivity contribution in [3.05, 3.63) is 24.3 Å². The Balaban J connectivity index is 3.59. The van der Waals surface area contributed by atoms with E-state index in [0.29, 0.717) is 6.42 Å². The van der Waals surface area contributed by atoms with Crippen LogP contribution in [0.1, 0.15) is 206 Å². The van der Waals surface area contributed by atoms with Gasteiger partial charge in [0.15, 0.2) is 0 Å². The van der Waals surface area contributed by atoms with Crippen molar-refractivity contribution in [1.29, 1.82) is 0 Å². The lowest BCUT2D eigenvalue weighted by molar-refractivity contribution is -0.124. The molecule has 0 aliphatic carbocycles. The van der Waals surface area contributed by atoms with E-state index in [1.54, 1.807) is 6.08 Å². The van der Waals surface area contributed by atoms with Gasteiger partial charge in [0.25, 0.3) is 0 Å². The molecule has 0 fully saturated rings. The van der Waals surface area contributed by atoms with Crippen LogP contribution in [0, 0.1) is 0 Å². The molecule has 0 rings (SSSR count). The number of hydrogen-bond donors (Lipinski definition) is 4. The average molecular weight is 650 g/mol. The molecule has 0 aliphatic rings. The van der Waals surface area contributed by atoms with E-state index in [1.165, 1.54) is 148 Å². The van der Waals surface area contributed by atoms with Gasteiger partial charge in [-0.3, -0.25) is 4.79 Å². The lowest BCUT2D eigenvalue weighted by Gasteiger charge is -2.21. The summed E-state index contributed by atoms with van der Waals surface area (Å²) in [4.78, 5) is 12.3. The van der Waals surface area contributed by atoms with Crippen molar-refractivity contribution in [1.82, 2.24) is 5.32 Å². The Kier molecular flexibility index (Phi) is 35.7. The van der Waals surface area contributed by atoms with Crippen LogP contribution in [-0.4, -0.2) is 46.1 Å². The molecule has 3 atom stereocenters. The highest BCUT2D eigenvalue weighted by Crippen LogP contribution is 2.16. The number of amides is 1. The second-order valence-electron chi connectivity index (χ2n) is 13.9. The quantitative estimate of drug-likeness (QED) is 0.0401. The molecule has 0 spiro atoms. The summed E-state index contributed by atoms with van der Waals surface area (Å²) in [6, 6.07) is -0.755. The number of aliphatic hydroxyl groups is 3. The average Bonchev–Trinajstić information content (AvgIpc) is 3.05. The Hall–Kier alpha value is -1.17. The van der Waals surface area contributed by atoms with E-state index in [0.717, 1.165) is 32.1 Å². The van der Waals surface area contributed by atoms with Gasteiger partial charge in [-0.2, -0.15) is 0 Å². The summed E-state index contributed by atoms with van der Waals surface area (Å²) >= 11 is 0. The molecule has 1 amide bonds. The fourth-order valence-electron chi connectivity index (χ4n) is 6.12. The number of carbonyl (C=O) groups is 1. The van der Waals surface area contributed by atoms with Crippen molar-refractivity contribution >= 4 is 5.91 Å². The van der Waals surface area contributed by atoms with Crippen molar-refractivity contribution < 1.29 is 20.1 Å². The molecule has 272 valence electrons. The van der Waals surface area contributed by atoms with Crippen LogP contribution in [0.4, 0.5) is 0 Å². The summed E-state index contributed by atoms with van der Waals surface area (Å²) < 4.78 is 0. The first kappa shape index (κ1) is 44.8. The van der Waals surface area contributed by atoms with Crippen molar-refractivity contribution in [3.63, 3.8) is 0 Å². The highest BCUT2D eigenvalue weighted by molar-refractivity contribution is 5.76. The van der Waals surface area contributed by atoms with E-state index < -0.39 is 18.2 Å². The van der Waals surface area contributed by atoms with Gasteiger partial charge in [0.2, 0.25) is 5.91 Å². The van der Waals surface area contributed by atoms with Gasteiger partial charge in [0.05, 0.1) is 31.3 Å². The van der Waals surface area contributed by atoms with E-state index in [4.69, 9.17) is 0 Å². The standard InChI is InChI=1S/C41H79NO4/c1-3-5-7-9-11-13-14-15-16-17-18-19-20-21-22-23-24-25-27-28-30-32-34-38(44)36-41(46)42-39(37-43)40(45)35-33-31-29-26-12-10-8-6-4-2/h12,26,33,35,38-40,43-45H,3-11,13-25,27-32,34,36-37H2,1-2H3,(H,42,46)/b26-12+,35-33+. The van der Waals surface area contributed by atoms with Gasteiger partial charge in [0.1, 0.15) is 0 Å². The SMILES string of the molecule is CCCCC/C=C/CC/C=C/C(O)C(CO)NC(=O)CC(O)CCCCCCCCCCCCCCCCCCCCCCCC. The Morgan fingerprint density at radius 2 is 0.935 bits per heavy atom. The summed E-state index contributed by atoms with van der Waals surface area (Å²) in [5, 5.41) is 33.0. The minimum absolute atomic E-state index is 0.00894. The number of allylic oxidation sites excluding steroid dienone is 3. The van der Waals surface area contributed by atoms with Crippen LogP contribution in [0.5, 0.6) is 0 Å². The molecular weight excluding hydrogens is 570 g/mol. The Morgan fingerprint density at radius 3 is 1.39 bits per heavy atom. The third kappa shape index (κ3) is 32.8. The number of unbranched alkanes of at least 4 members (excludes halogenated alkanes) is 25. The first-order valence-electron chi connectivity index (χ1n) is 20.1. The molecule has 5 nitrogen and oxygen atoms in total. The van der Waals surface area contributed by atoms with Gasteiger partial charge in [-0.25, -0.2) is 0 Å². The lowest BCUT2D eigenvalue weighted by Crippen LogP contribution is -2.45. The van der Waals surface area contributed by atoms with Gasteiger partial charge in [-0.15, -0.1) is 0 Å². The molecular formula is C41H79NO4.